The molecule has 1 atom stereocenters. The van der Waals surface area contributed by atoms with Crippen molar-refractivity contribution in [1.82, 2.24) is 0 Å². The Balaban J connectivity index is 3.71. The molecule has 3 N–H and O–H groups in total. The lowest BCUT2D eigenvalue weighted by Gasteiger charge is -2.20. The SMILES string of the molecule is CC(C)(CN)O[PH](=O)O. The molecule has 0 aliphatic carbocycles. The van der Waals surface area contributed by atoms with Crippen molar-refractivity contribution in [1.29, 1.82) is 0 Å². The molecule has 0 saturated carbocycles. The zero-order valence-corrected chi connectivity index (χ0v) is 6.55. The summed E-state index contributed by atoms with van der Waals surface area (Å²) in [6.45, 7) is 3.56. The van der Waals surface area contributed by atoms with Gasteiger partial charge < -0.3 is 15.2 Å². The van der Waals surface area contributed by atoms with E-state index in [0.717, 1.165) is 0 Å². The van der Waals surface area contributed by atoms with Crippen molar-refractivity contribution in [2.24, 2.45) is 5.73 Å². The van der Waals surface area contributed by atoms with E-state index in [1.54, 1.807) is 13.8 Å². The first-order chi connectivity index (χ1) is 3.98. The van der Waals surface area contributed by atoms with Gasteiger partial charge in [0.25, 0.3) is 0 Å². The Kier molecular flexibility index (Phi) is 3.36. The van der Waals surface area contributed by atoms with Crippen LogP contribution in [0.4, 0.5) is 0 Å². The summed E-state index contributed by atoms with van der Waals surface area (Å²) in [4.78, 5) is 8.29. The number of rotatable bonds is 3. The highest BCUT2D eigenvalue weighted by Gasteiger charge is 2.17. The van der Waals surface area contributed by atoms with Gasteiger partial charge in [-0.25, -0.2) is 0 Å². The summed E-state index contributed by atoms with van der Waals surface area (Å²) < 4.78 is 14.6. The van der Waals surface area contributed by atoms with Crippen molar-refractivity contribution in [2.45, 2.75) is 19.4 Å². The molecule has 0 aliphatic heterocycles. The van der Waals surface area contributed by atoms with Crippen molar-refractivity contribution < 1.29 is 14.0 Å². The van der Waals surface area contributed by atoms with E-state index in [4.69, 9.17) is 10.6 Å². The Hall–Kier alpha value is 0.110. The van der Waals surface area contributed by atoms with Crippen LogP contribution in [-0.4, -0.2) is 17.0 Å². The molecule has 0 amide bonds. The molecule has 5 heteroatoms. The van der Waals surface area contributed by atoms with Crippen molar-refractivity contribution in [2.75, 3.05) is 6.54 Å². The van der Waals surface area contributed by atoms with Gasteiger partial charge in [0.2, 0.25) is 0 Å². The Labute approximate surface area is 55.0 Å². The largest absolute Gasteiger partial charge is 0.328 e. The standard InChI is InChI=1S/C4H12NO3P/c1-4(2,3-5)8-9(6)7/h9H,3,5H2,1-2H3,(H,6,7). The van der Waals surface area contributed by atoms with Gasteiger partial charge in [0, 0.05) is 6.54 Å². The molecule has 0 bridgehead atoms. The Morgan fingerprint density at radius 2 is 2.22 bits per heavy atom. The molecule has 9 heavy (non-hydrogen) atoms. The second-order valence-electron chi connectivity index (χ2n) is 2.33. The van der Waals surface area contributed by atoms with E-state index in [-0.39, 0.29) is 6.54 Å². The van der Waals surface area contributed by atoms with Crippen LogP contribution in [0.2, 0.25) is 0 Å². The quantitative estimate of drug-likeness (QED) is 0.565. The van der Waals surface area contributed by atoms with Gasteiger partial charge in [0.1, 0.15) is 0 Å². The predicted molar refractivity (Wildman–Crippen MR) is 35.4 cm³/mol. The van der Waals surface area contributed by atoms with Gasteiger partial charge >= 0.3 is 8.25 Å². The topological polar surface area (TPSA) is 72.5 Å². The van der Waals surface area contributed by atoms with Gasteiger partial charge in [-0.05, 0) is 13.8 Å². The first-order valence-electron chi connectivity index (χ1n) is 2.60. The van der Waals surface area contributed by atoms with E-state index in [1.807, 2.05) is 0 Å². The first kappa shape index (κ1) is 9.11. The summed E-state index contributed by atoms with van der Waals surface area (Å²) in [5.41, 5.74) is 4.52. The van der Waals surface area contributed by atoms with Crippen LogP contribution in [0.1, 0.15) is 13.8 Å². The number of hydrogen-bond acceptors (Lipinski definition) is 3. The monoisotopic (exact) mass is 153 g/mol. The summed E-state index contributed by atoms with van der Waals surface area (Å²) in [5.74, 6) is 0. The molecule has 0 heterocycles. The summed E-state index contributed by atoms with van der Waals surface area (Å²) in [7, 11) is -2.83. The molecular weight excluding hydrogens is 141 g/mol. The summed E-state index contributed by atoms with van der Waals surface area (Å²) in [6, 6.07) is 0. The number of hydrogen-bond donors (Lipinski definition) is 2. The third kappa shape index (κ3) is 4.60. The third-order valence-corrected chi connectivity index (χ3v) is 1.58. The molecule has 0 aromatic carbocycles. The van der Waals surface area contributed by atoms with E-state index in [2.05, 4.69) is 4.52 Å². The molecule has 0 aliphatic rings. The fourth-order valence-electron chi connectivity index (χ4n) is 0.278. The molecule has 0 spiro atoms. The minimum atomic E-state index is -2.83. The molecule has 0 radical (unpaired) electrons. The molecule has 0 aromatic heterocycles. The third-order valence-electron chi connectivity index (χ3n) is 0.855. The van der Waals surface area contributed by atoms with E-state index >= 15 is 0 Å². The van der Waals surface area contributed by atoms with Gasteiger partial charge in [-0.3, -0.25) is 4.57 Å². The normalized spacial score (nSPS) is 15.6. The lowest BCUT2D eigenvalue weighted by Crippen LogP contribution is -2.31. The molecule has 0 saturated heterocycles. The van der Waals surface area contributed by atoms with E-state index < -0.39 is 13.9 Å². The van der Waals surface area contributed by atoms with Crippen LogP contribution in [0, 0.1) is 0 Å². The fourth-order valence-corrected chi connectivity index (χ4v) is 0.834. The van der Waals surface area contributed by atoms with E-state index in [0.29, 0.717) is 0 Å². The highest BCUT2D eigenvalue weighted by atomic mass is 31.1. The van der Waals surface area contributed by atoms with Crippen LogP contribution < -0.4 is 5.73 Å². The minimum absolute atomic E-state index is 0.240. The predicted octanol–water partition coefficient (Wildman–Crippen LogP) is 0.122. The molecule has 0 aromatic rings. The maximum Gasteiger partial charge on any atom is 0.317 e. The molecular formula is C4H12NO3P. The molecule has 0 fully saturated rings. The van der Waals surface area contributed by atoms with Gasteiger partial charge in [0.05, 0.1) is 5.60 Å². The minimum Gasteiger partial charge on any atom is -0.328 e. The molecule has 0 rings (SSSR count). The van der Waals surface area contributed by atoms with Gasteiger partial charge in [-0.15, -0.1) is 0 Å². The van der Waals surface area contributed by atoms with Crippen molar-refractivity contribution in [3.05, 3.63) is 0 Å². The second kappa shape index (κ2) is 3.32. The van der Waals surface area contributed by atoms with Crippen molar-refractivity contribution >= 4 is 8.25 Å². The Morgan fingerprint density at radius 3 is 2.33 bits per heavy atom. The first-order valence-corrected chi connectivity index (χ1v) is 3.86. The van der Waals surface area contributed by atoms with Crippen LogP contribution in [-0.2, 0) is 9.09 Å². The molecule has 56 valence electrons. The number of nitrogens with two attached hydrogens (primary N) is 1. The van der Waals surface area contributed by atoms with Gasteiger partial charge in [0.15, 0.2) is 0 Å². The maximum atomic E-state index is 10.1. The van der Waals surface area contributed by atoms with Crippen molar-refractivity contribution in [3.63, 3.8) is 0 Å². The Morgan fingerprint density at radius 1 is 1.78 bits per heavy atom. The highest BCUT2D eigenvalue weighted by molar-refractivity contribution is 7.32. The lowest BCUT2D eigenvalue weighted by molar-refractivity contribution is 0.112. The average molecular weight is 153 g/mol. The zero-order valence-electron chi connectivity index (χ0n) is 5.55. The highest BCUT2D eigenvalue weighted by Crippen LogP contribution is 2.24. The second-order valence-corrected chi connectivity index (χ2v) is 3.07. The lowest BCUT2D eigenvalue weighted by atomic mass is 10.1. The van der Waals surface area contributed by atoms with Crippen LogP contribution >= 0.6 is 8.25 Å². The maximum absolute atomic E-state index is 10.1. The van der Waals surface area contributed by atoms with Crippen LogP contribution in [0.15, 0.2) is 0 Å². The fraction of sp³-hybridized carbons (Fsp3) is 1.00. The van der Waals surface area contributed by atoms with Crippen LogP contribution in [0.5, 0.6) is 0 Å². The molecule has 1 unspecified atom stereocenters. The van der Waals surface area contributed by atoms with Crippen molar-refractivity contribution in [3.8, 4) is 0 Å². The van der Waals surface area contributed by atoms with E-state index in [1.165, 1.54) is 0 Å². The van der Waals surface area contributed by atoms with Gasteiger partial charge in [-0.2, -0.15) is 0 Å². The summed E-state index contributed by atoms with van der Waals surface area (Å²) >= 11 is 0. The van der Waals surface area contributed by atoms with E-state index in [9.17, 15) is 4.57 Å². The smallest absolute Gasteiger partial charge is 0.317 e. The van der Waals surface area contributed by atoms with Gasteiger partial charge in [-0.1, -0.05) is 0 Å². The zero-order chi connectivity index (χ0) is 7.49. The van der Waals surface area contributed by atoms with Crippen LogP contribution in [0.3, 0.4) is 0 Å². The Bertz CT molecular complexity index is 114. The average Bonchev–Trinajstić information content (AvgIpc) is 1.63. The summed E-state index contributed by atoms with van der Waals surface area (Å²) in [5, 5.41) is 0. The molecule has 4 nitrogen and oxygen atoms in total. The van der Waals surface area contributed by atoms with Crippen LogP contribution in [0.25, 0.3) is 0 Å². The summed E-state index contributed by atoms with van der Waals surface area (Å²) in [6.07, 6.45) is 0.